The van der Waals surface area contributed by atoms with E-state index in [0.717, 1.165) is 23.0 Å². The number of rotatable bonds is 6. The molecule has 0 unspecified atom stereocenters. The van der Waals surface area contributed by atoms with Gasteiger partial charge in [-0.25, -0.2) is 5.84 Å². The smallest absolute Gasteiger partial charge is 0.234 e. The summed E-state index contributed by atoms with van der Waals surface area (Å²) < 4.78 is 0. The Hall–Kier alpha value is -2.70. The maximum Gasteiger partial charge on any atom is 0.234 e. The van der Waals surface area contributed by atoms with Crippen LogP contribution in [-0.2, 0) is 4.79 Å². The summed E-state index contributed by atoms with van der Waals surface area (Å²) in [6.07, 6.45) is 2.46. The Bertz CT molecular complexity index is 1150. The topological polar surface area (TPSA) is 117 Å². The molecule has 34 heavy (non-hydrogen) atoms. The summed E-state index contributed by atoms with van der Waals surface area (Å²) in [4.78, 5) is 12.5. The van der Waals surface area contributed by atoms with Crippen LogP contribution in [0, 0.1) is 24.2 Å². The van der Waals surface area contributed by atoms with Gasteiger partial charge in [0.05, 0.1) is 28.8 Å². The number of nitrogens with one attached hydrogen (secondary N) is 1. The Morgan fingerprint density at radius 2 is 2.06 bits per heavy atom. The SMILES string of the molecule is Cc1cc(C2CC2)ccc1N(N)/C(=N\N)SCC(=O)Nc1ccc(C#CC(C)(C)CO)cc1Cl. The van der Waals surface area contributed by atoms with Crippen molar-refractivity contribution in [1.29, 1.82) is 0 Å². The van der Waals surface area contributed by atoms with Crippen LogP contribution in [0.3, 0.4) is 0 Å². The number of hydrogen-bond donors (Lipinski definition) is 4. The van der Waals surface area contributed by atoms with Crippen molar-refractivity contribution in [3.63, 3.8) is 0 Å². The Morgan fingerprint density at radius 3 is 2.65 bits per heavy atom. The van der Waals surface area contributed by atoms with Crippen molar-refractivity contribution in [2.45, 2.75) is 39.5 Å². The number of carbonyl (C=O) groups is 1. The second-order valence-electron chi connectivity index (χ2n) is 8.93. The molecule has 2 aromatic carbocycles. The van der Waals surface area contributed by atoms with E-state index in [-0.39, 0.29) is 18.3 Å². The minimum absolute atomic E-state index is 0.0425. The van der Waals surface area contributed by atoms with E-state index < -0.39 is 5.41 Å². The minimum Gasteiger partial charge on any atom is -0.395 e. The highest BCUT2D eigenvalue weighted by Crippen LogP contribution is 2.41. The van der Waals surface area contributed by atoms with Gasteiger partial charge in [0.2, 0.25) is 11.1 Å². The van der Waals surface area contributed by atoms with Gasteiger partial charge in [0, 0.05) is 11.0 Å². The molecule has 0 aliphatic heterocycles. The monoisotopic (exact) mass is 499 g/mol. The van der Waals surface area contributed by atoms with Gasteiger partial charge in [-0.05, 0) is 74.9 Å². The largest absolute Gasteiger partial charge is 0.395 e. The molecule has 1 fully saturated rings. The molecule has 0 heterocycles. The molecular weight excluding hydrogens is 470 g/mol. The van der Waals surface area contributed by atoms with E-state index in [0.29, 0.717) is 27.4 Å². The van der Waals surface area contributed by atoms with Gasteiger partial charge < -0.3 is 16.3 Å². The van der Waals surface area contributed by atoms with Gasteiger partial charge in [-0.1, -0.05) is 47.3 Å². The predicted octanol–water partition coefficient (Wildman–Crippen LogP) is 4.18. The average Bonchev–Trinajstić information content (AvgIpc) is 3.65. The highest BCUT2D eigenvalue weighted by Gasteiger charge is 2.24. The fourth-order valence-electron chi connectivity index (χ4n) is 3.18. The third-order valence-corrected chi connectivity index (χ3v) is 6.64. The van der Waals surface area contributed by atoms with Crippen molar-refractivity contribution in [1.82, 2.24) is 0 Å². The number of halogens is 1. The van der Waals surface area contributed by atoms with E-state index in [1.54, 1.807) is 18.2 Å². The van der Waals surface area contributed by atoms with Crippen LogP contribution in [0.2, 0.25) is 5.02 Å². The molecule has 0 bridgehead atoms. The lowest BCUT2D eigenvalue weighted by molar-refractivity contribution is -0.113. The lowest BCUT2D eigenvalue weighted by atomic mass is 9.95. The minimum atomic E-state index is -0.506. The van der Waals surface area contributed by atoms with Gasteiger partial charge >= 0.3 is 0 Å². The number of amidine groups is 1. The number of hydrogen-bond acceptors (Lipinski definition) is 6. The van der Waals surface area contributed by atoms with Crippen molar-refractivity contribution < 1.29 is 9.90 Å². The number of hydrazine groups is 1. The van der Waals surface area contributed by atoms with Crippen LogP contribution >= 0.6 is 23.4 Å². The van der Waals surface area contributed by atoms with Gasteiger partial charge in [0.15, 0.2) is 0 Å². The van der Waals surface area contributed by atoms with Crippen LogP contribution in [-0.4, -0.2) is 28.5 Å². The third kappa shape index (κ3) is 6.90. The molecule has 0 radical (unpaired) electrons. The Labute approximate surface area is 209 Å². The first-order chi connectivity index (χ1) is 16.1. The van der Waals surface area contributed by atoms with Crippen molar-refractivity contribution in [3.05, 3.63) is 58.1 Å². The van der Waals surface area contributed by atoms with Crippen molar-refractivity contribution in [3.8, 4) is 11.8 Å². The van der Waals surface area contributed by atoms with Gasteiger partial charge in [-0.15, -0.1) is 0 Å². The second-order valence-corrected chi connectivity index (χ2v) is 10.3. The molecule has 1 saturated carbocycles. The average molecular weight is 500 g/mol. The van der Waals surface area contributed by atoms with E-state index in [9.17, 15) is 9.90 Å². The quantitative estimate of drug-likeness (QED) is 0.156. The molecule has 9 heteroatoms. The van der Waals surface area contributed by atoms with E-state index >= 15 is 0 Å². The fourth-order valence-corrected chi connectivity index (χ4v) is 4.06. The van der Waals surface area contributed by atoms with E-state index in [4.69, 9.17) is 23.3 Å². The third-order valence-electron chi connectivity index (χ3n) is 5.36. The zero-order chi connectivity index (χ0) is 24.9. The highest BCUT2D eigenvalue weighted by atomic mass is 35.5. The summed E-state index contributed by atoms with van der Waals surface area (Å²) in [5, 5.41) is 18.0. The van der Waals surface area contributed by atoms with E-state index in [1.165, 1.54) is 23.4 Å². The number of nitrogens with zero attached hydrogens (tertiary/aromatic N) is 2. The Kier molecular flexibility index (Phi) is 8.50. The first kappa shape index (κ1) is 25.9. The van der Waals surface area contributed by atoms with E-state index in [1.807, 2.05) is 26.8 Å². The summed E-state index contributed by atoms with van der Waals surface area (Å²) in [7, 11) is 0. The van der Waals surface area contributed by atoms with Crippen molar-refractivity contribution >= 4 is 45.8 Å². The summed E-state index contributed by atoms with van der Waals surface area (Å²) in [6, 6.07) is 11.3. The molecule has 2 aromatic rings. The fraction of sp³-hybridized carbons (Fsp3) is 0.360. The number of nitrogens with two attached hydrogens (primary N) is 2. The maximum atomic E-state index is 12.5. The molecule has 0 saturated heterocycles. The lowest BCUT2D eigenvalue weighted by Gasteiger charge is -2.21. The zero-order valence-electron chi connectivity index (χ0n) is 19.6. The predicted molar refractivity (Wildman–Crippen MR) is 142 cm³/mol. The van der Waals surface area contributed by atoms with Gasteiger partial charge in [0.25, 0.3) is 0 Å². The summed E-state index contributed by atoms with van der Waals surface area (Å²) >= 11 is 7.45. The molecule has 180 valence electrons. The number of aliphatic hydroxyl groups excluding tert-OH is 1. The number of thioether (sulfide) groups is 1. The van der Waals surface area contributed by atoms with Crippen LogP contribution < -0.4 is 22.0 Å². The lowest BCUT2D eigenvalue weighted by Crippen LogP contribution is -2.37. The molecule has 1 aliphatic carbocycles. The van der Waals surface area contributed by atoms with Crippen LogP contribution in [0.25, 0.3) is 0 Å². The van der Waals surface area contributed by atoms with Crippen LogP contribution in [0.15, 0.2) is 41.5 Å². The van der Waals surface area contributed by atoms with Crippen molar-refractivity contribution in [2.24, 2.45) is 22.2 Å². The molecule has 0 aromatic heterocycles. The Morgan fingerprint density at radius 1 is 1.32 bits per heavy atom. The molecular formula is C25H30ClN5O2S. The molecule has 1 amide bonds. The normalized spacial score (nSPS) is 13.8. The van der Waals surface area contributed by atoms with Crippen molar-refractivity contribution in [2.75, 3.05) is 22.7 Å². The summed E-state index contributed by atoms with van der Waals surface area (Å²) in [5.74, 6) is 18.2. The maximum absolute atomic E-state index is 12.5. The van der Waals surface area contributed by atoms with Gasteiger partial charge in [0.1, 0.15) is 0 Å². The molecule has 1 aliphatic rings. The van der Waals surface area contributed by atoms with E-state index in [2.05, 4.69) is 34.4 Å². The van der Waals surface area contributed by atoms with Gasteiger partial charge in [-0.3, -0.25) is 9.80 Å². The van der Waals surface area contributed by atoms with Crippen LogP contribution in [0.4, 0.5) is 11.4 Å². The van der Waals surface area contributed by atoms with Crippen LogP contribution in [0.1, 0.15) is 49.3 Å². The second kappa shape index (κ2) is 11.2. The number of amides is 1. The summed E-state index contributed by atoms with van der Waals surface area (Å²) in [6.45, 7) is 5.64. The first-order valence-corrected chi connectivity index (χ1v) is 12.3. The first-order valence-electron chi connectivity index (χ1n) is 10.9. The summed E-state index contributed by atoms with van der Waals surface area (Å²) in [5.41, 5.74) is 3.79. The van der Waals surface area contributed by atoms with Gasteiger partial charge in [-0.2, -0.15) is 5.10 Å². The zero-order valence-corrected chi connectivity index (χ0v) is 21.1. The number of benzene rings is 2. The van der Waals surface area contributed by atoms with Crippen LogP contribution in [0.5, 0.6) is 0 Å². The molecule has 3 rings (SSSR count). The standard InChI is InChI=1S/C25H30ClN5O2S/c1-16-12-19(18-5-6-18)7-9-22(16)31(28)24(30-27)34-14-23(33)29-21-8-4-17(13-20(21)26)10-11-25(2,3)15-32/h4,7-9,12-13,18,32H,5-6,14-15,27-28H2,1-3H3,(H,29,33)/b30-24+. The number of aliphatic hydroxyl groups is 1. The highest BCUT2D eigenvalue weighted by molar-refractivity contribution is 8.14. The number of carbonyl (C=O) groups excluding carboxylic acids is 1. The molecule has 7 nitrogen and oxygen atoms in total. The molecule has 0 atom stereocenters. The molecule has 6 N–H and O–H groups in total. The number of anilines is 2. The number of aryl methyl sites for hydroxylation is 1. The number of hydrazone groups is 1. The Balaban J connectivity index is 1.59. The molecule has 0 spiro atoms.